The van der Waals surface area contributed by atoms with Crippen LogP contribution in [0.15, 0.2) is 30.5 Å². The van der Waals surface area contributed by atoms with E-state index in [2.05, 4.69) is 69.9 Å². The molecule has 0 bridgehead atoms. The van der Waals surface area contributed by atoms with Gasteiger partial charge in [0, 0.05) is 22.4 Å². The molecule has 246 valence electrons. The highest BCUT2D eigenvalue weighted by Crippen LogP contribution is 2.22. The monoisotopic (exact) mass is 633 g/mol. The van der Waals surface area contributed by atoms with E-state index in [-0.39, 0.29) is 0 Å². The lowest BCUT2D eigenvalue weighted by Gasteiger charge is -2.15. The van der Waals surface area contributed by atoms with Crippen molar-refractivity contribution in [1.29, 1.82) is 0 Å². The van der Waals surface area contributed by atoms with Crippen molar-refractivity contribution in [2.24, 2.45) is 23.7 Å². The number of pyridine rings is 1. The minimum atomic E-state index is 0.743. The molecule has 5 heteroatoms. The number of hydrogen-bond acceptors (Lipinski definition) is 3. The first kappa shape index (κ1) is 38.8. The van der Waals surface area contributed by atoms with Gasteiger partial charge in [-0.2, -0.15) is 10.2 Å². The smallest absolute Gasteiger partial charge is 0.110 e. The predicted molar refractivity (Wildman–Crippen MR) is 197 cm³/mol. The zero-order valence-corrected chi connectivity index (χ0v) is 31.7. The molecule has 44 heavy (non-hydrogen) atoms. The molecular weight excluding hydrogens is 567 g/mol. The lowest BCUT2D eigenvalue weighted by molar-refractivity contribution is 0.382. The topological polar surface area (TPSA) is 38.7 Å². The number of aromatic nitrogens is 3. The van der Waals surface area contributed by atoms with Crippen LogP contribution >= 0.6 is 0 Å². The van der Waals surface area contributed by atoms with Gasteiger partial charge in [0.1, 0.15) is 19.0 Å². The summed E-state index contributed by atoms with van der Waals surface area (Å²) < 4.78 is 0. The second-order valence-corrected chi connectivity index (χ2v) is 16.7. The van der Waals surface area contributed by atoms with Crippen molar-refractivity contribution in [3.63, 3.8) is 0 Å². The van der Waals surface area contributed by atoms with Gasteiger partial charge in [-0.3, -0.25) is 4.98 Å². The van der Waals surface area contributed by atoms with Crippen LogP contribution < -0.4 is 10.6 Å². The Balaban J connectivity index is 1.64. The summed E-state index contributed by atoms with van der Waals surface area (Å²) in [5.74, 6) is 3.43. The molecule has 0 aliphatic carbocycles. The summed E-state index contributed by atoms with van der Waals surface area (Å²) in [6.45, 7) is 14.4. The van der Waals surface area contributed by atoms with Gasteiger partial charge in [0.2, 0.25) is 0 Å². The third-order valence-electron chi connectivity index (χ3n) is 9.44. The molecular formula is C39H67N3Si2. The summed E-state index contributed by atoms with van der Waals surface area (Å²) in [5.41, 5.74) is 2.15. The molecule has 4 atom stereocenters. The zero-order valence-electron chi connectivity index (χ0n) is 29.7. The van der Waals surface area contributed by atoms with E-state index in [1.54, 1.807) is 0 Å². The third-order valence-corrected chi connectivity index (χ3v) is 12.3. The molecule has 0 aliphatic rings. The van der Waals surface area contributed by atoms with E-state index in [1.165, 1.54) is 139 Å². The van der Waals surface area contributed by atoms with Crippen LogP contribution in [-0.2, 0) is 0 Å². The molecule has 4 unspecified atom stereocenters. The first-order valence-corrected chi connectivity index (χ1v) is 21.1. The van der Waals surface area contributed by atoms with Crippen molar-refractivity contribution in [2.75, 3.05) is 0 Å². The Morgan fingerprint density at radius 3 is 1.73 bits per heavy atom. The van der Waals surface area contributed by atoms with Gasteiger partial charge in [0.25, 0.3) is 0 Å². The van der Waals surface area contributed by atoms with Gasteiger partial charge in [0.05, 0.1) is 5.69 Å². The molecule has 2 aromatic heterocycles. The van der Waals surface area contributed by atoms with E-state index in [0.717, 1.165) is 53.7 Å². The maximum atomic E-state index is 4.76. The van der Waals surface area contributed by atoms with Gasteiger partial charge in [0.15, 0.2) is 0 Å². The van der Waals surface area contributed by atoms with E-state index >= 15 is 0 Å². The van der Waals surface area contributed by atoms with Gasteiger partial charge in [-0.25, -0.2) is 0 Å². The van der Waals surface area contributed by atoms with Crippen molar-refractivity contribution < 1.29 is 0 Å². The molecule has 0 saturated carbocycles. The second kappa shape index (κ2) is 24.8. The fraction of sp³-hybridized carbons (Fsp3) is 0.769. The predicted octanol–water partition coefficient (Wildman–Crippen LogP) is 10.6. The van der Waals surface area contributed by atoms with Crippen LogP contribution in [-0.4, -0.2) is 34.2 Å². The Labute approximate surface area is 278 Å². The molecule has 2 heterocycles. The number of hydrogen-bond donors (Lipinski definition) is 0. The summed E-state index contributed by atoms with van der Waals surface area (Å²) in [6.07, 6.45) is 26.8. The molecule has 0 N–H and O–H groups in total. The van der Waals surface area contributed by atoms with Gasteiger partial charge < -0.3 is 0 Å². The fourth-order valence-corrected chi connectivity index (χ4v) is 8.49. The molecule has 2 rings (SSSR count). The first-order chi connectivity index (χ1) is 21.4. The minimum absolute atomic E-state index is 0.743. The summed E-state index contributed by atoms with van der Waals surface area (Å²) in [5, 5.41) is 11.7. The van der Waals surface area contributed by atoms with Crippen LogP contribution in [0.5, 0.6) is 0 Å². The minimum Gasteiger partial charge on any atom is -0.266 e. The Bertz CT molecular complexity index is 951. The van der Waals surface area contributed by atoms with Crippen molar-refractivity contribution in [3.05, 3.63) is 30.5 Å². The SMILES string of the molecule is CCCCCC(C)CCCCCC(C)C[Si]c1ccc(-c2cccnc2[Si]CCCCC(C)CCC(C)CCCCC)nn1. The lowest BCUT2D eigenvalue weighted by atomic mass is 9.91. The highest BCUT2D eigenvalue weighted by atomic mass is 28.2. The molecule has 3 nitrogen and oxygen atoms in total. The average molecular weight is 634 g/mol. The van der Waals surface area contributed by atoms with Crippen molar-refractivity contribution in [3.8, 4) is 11.3 Å². The standard InChI is InChI=1S/C39H67N3Si2/c1-7-9-12-19-32(3)21-14-11-15-23-35(6)31-44-38-28-27-37(41-42-38)36-24-18-29-40-39(36)43-30-17-16-22-34(5)26-25-33(4)20-13-10-8-2/h18,24,27-29,32-35H,7-17,19-23,25-26,30-31H2,1-6H3. The molecule has 0 spiro atoms. The van der Waals surface area contributed by atoms with Crippen molar-refractivity contribution >= 4 is 29.7 Å². The fourth-order valence-electron chi connectivity index (χ4n) is 6.18. The first-order valence-electron chi connectivity index (χ1n) is 18.7. The van der Waals surface area contributed by atoms with Gasteiger partial charge in [-0.15, -0.1) is 0 Å². The molecule has 0 fully saturated rings. The lowest BCUT2D eigenvalue weighted by Crippen LogP contribution is -2.23. The van der Waals surface area contributed by atoms with Crippen LogP contribution in [0.1, 0.15) is 157 Å². The van der Waals surface area contributed by atoms with E-state index < -0.39 is 0 Å². The maximum Gasteiger partial charge on any atom is 0.110 e. The van der Waals surface area contributed by atoms with Crippen molar-refractivity contribution in [2.45, 2.75) is 169 Å². The number of nitrogens with zero attached hydrogens (tertiary/aromatic N) is 3. The van der Waals surface area contributed by atoms with E-state index in [9.17, 15) is 0 Å². The van der Waals surface area contributed by atoms with E-state index in [1.807, 2.05) is 12.3 Å². The quantitative estimate of drug-likeness (QED) is 0.0726. The van der Waals surface area contributed by atoms with Gasteiger partial charge in [-0.05, 0) is 47.9 Å². The molecule has 0 aliphatic heterocycles. The highest BCUT2D eigenvalue weighted by Gasteiger charge is 2.12. The van der Waals surface area contributed by atoms with Crippen LogP contribution in [0.4, 0.5) is 0 Å². The summed E-state index contributed by atoms with van der Waals surface area (Å²) >= 11 is 0. The Hall–Kier alpha value is -1.34. The third kappa shape index (κ3) is 18.0. The number of rotatable bonds is 27. The van der Waals surface area contributed by atoms with Crippen LogP contribution in [0.3, 0.4) is 0 Å². The second-order valence-electron chi connectivity index (χ2n) is 14.1. The highest BCUT2D eigenvalue weighted by molar-refractivity contribution is 6.54. The Morgan fingerprint density at radius 2 is 1.14 bits per heavy atom. The molecule has 0 saturated heterocycles. The molecule has 2 aromatic rings. The number of unbranched alkanes of at least 4 members (excludes halogenated alkanes) is 7. The Kier molecular flexibility index (Phi) is 21.9. The average Bonchev–Trinajstić information content (AvgIpc) is 3.03. The summed E-state index contributed by atoms with van der Waals surface area (Å²) in [6, 6.07) is 11.1. The van der Waals surface area contributed by atoms with E-state index in [0.29, 0.717) is 0 Å². The molecule has 0 amide bonds. The molecule has 0 aromatic carbocycles. The Morgan fingerprint density at radius 1 is 0.568 bits per heavy atom. The summed E-state index contributed by atoms with van der Waals surface area (Å²) in [7, 11) is 1.49. The van der Waals surface area contributed by atoms with Gasteiger partial charge in [-0.1, -0.05) is 169 Å². The largest absolute Gasteiger partial charge is 0.266 e. The van der Waals surface area contributed by atoms with Crippen LogP contribution in [0, 0.1) is 23.7 Å². The summed E-state index contributed by atoms with van der Waals surface area (Å²) in [4.78, 5) is 4.76. The normalized spacial score (nSPS) is 14.4. The van der Waals surface area contributed by atoms with Crippen molar-refractivity contribution in [1.82, 2.24) is 15.2 Å². The van der Waals surface area contributed by atoms with Crippen LogP contribution in [0.2, 0.25) is 12.1 Å². The van der Waals surface area contributed by atoms with Gasteiger partial charge >= 0.3 is 0 Å². The molecule has 4 radical (unpaired) electrons. The maximum absolute atomic E-state index is 4.76. The van der Waals surface area contributed by atoms with Crippen LogP contribution in [0.25, 0.3) is 11.3 Å². The van der Waals surface area contributed by atoms with E-state index in [4.69, 9.17) is 4.98 Å². The zero-order chi connectivity index (χ0) is 31.8.